The van der Waals surface area contributed by atoms with Gasteiger partial charge in [0.15, 0.2) is 0 Å². The van der Waals surface area contributed by atoms with Gasteiger partial charge in [0.1, 0.15) is 18.9 Å². The number of aromatic carboxylic acids is 1. The number of carbonyl (C=O) groups excluding carboxylic acids is 2. The molecule has 1 rings (SSSR count). The van der Waals surface area contributed by atoms with Crippen molar-refractivity contribution < 1.29 is 46.3 Å². The standard InChI is InChI=1S/C13H16O4.C10H21NO2.4CH4.ClH/c1-4-13(2,3)12(16)17-10-7-5-9(6-8-10)11(14)15;1-6-10(2,3)9(12)13-8-7-11(4)5;;;;;/h5-8H,4H2,1-3H3,(H,14,15);6-8H2,1-5H3;4*1H4;1H. The summed E-state index contributed by atoms with van der Waals surface area (Å²) in [5.74, 6) is -1.04. The van der Waals surface area contributed by atoms with Crippen molar-refractivity contribution in [1.29, 1.82) is 0 Å². The number of likely N-dealkylation sites (N-methyl/N-ethyl adjacent to an activating group) is 1. The van der Waals surface area contributed by atoms with Crippen LogP contribution in [0.4, 0.5) is 0 Å². The first-order valence-electron chi connectivity index (χ1n) is 10.3. The van der Waals surface area contributed by atoms with Crippen LogP contribution < -0.4 is 22.0 Å². The Morgan fingerprint density at radius 1 is 0.829 bits per heavy atom. The second-order valence-corrected chi connectivity index (χ2v) is 8.79. The highest BCUT2D eigenvalue weighted by Gasteiger charge is 2.28. The smallest absolute Gasteiger partial charge is 0.335 e. The van der Waals surface area contributed by atoms with E-state index in [1.54, 1.807) is 13.8 Å². The maximum Gasteiger partial charge on any atom is 0.335 e. The molecule has 7 nitrogen and oxygen atoms in total. The fraction of sp³-hybridized carbons (Fsp3) is 0.667. The summed E-state index contributed by atoms with van der Waals surface area (Å²) < 4.78 is 10.3. The van der Waals surface area contributed by atoms with Crippen molar-refractivity contribution in [2.75, 3.05) is 27.2 Å². The molecule has 2 N–H and O–H groups in total. The van der Waals surface area contributed by atoms with Crippen LogP contribution in [0.25, 0.3) is 0 Å². The zero-order valence-electron chi connectivity index (χ0n) is 20.0. The fourth-order valence-corrected chi connectivity index (χ4v) is 1.74. The van der Waals surface area contributed by atoms with E-state index in [1.807, 2.05) is 41.8 Å². The largest absolute Gasteiger partial charge is 1.00 e. The van der Waals surface area contributed by atoms with Crippen molar-refractivity contribution in [3.63, 3.8) is 0 Å². The normalized spacial score (nSPS) is 9.74. The van der Waals surface area contributed by atoms with Crippen molar-refractivity contribution in [3.8, 4) is 5.75 Å². The Kier molecular flexibility index (Phi) is 28.0. The number of carboxylic acid groups (broad SMARTS) is 1. The quantitative estimate of drug-likeness (QED) is 0.381. The topological polar surface area (TPSA) is 94.3 Å². The molecule has 0 unspecified atom stereocenters. The lowest BCUT2D eigenvalue weighted by Crippen LogP contribution is -3.06. The molecular weight excluding hydrogens is 470 g/mol. The molecule has 0 aromatic heterocycles. The van der Waals surface area contributed by atoms with Crippen LogP contribution in [-0.4, -0.2) is 50.3 Å². The maximum atomic E-state index is 11.7. The highest BCUT2D eigenvalue weighted by Crippen LogP contribution is 2.24. The first kappa shape index (κ1) is 46.2. The lowest BCUT2D eigenvalue weighted by molar-refractivity contribution is -0.858. The van der Waals surface area contributed by atoms with Crippen LogP contribution in [0.15, 0.2) is 24.3 Å². The summed E-state index contributed by atoms with van der Waals surface area (Å²) in [5, 5.41) is 8.72. The Labute approximate surface area is 222 Å². The average molecular weight is 524 g/mol. The second-order valence-electron chi connectivity index (χ2n) is 8.79. The van der Waals surface area contributed by atoms with E-state index < -0.39 is 11.4 Å². The van der Waals surface area contributed by atoms with Crippen LogP contribution in [0.2, 0.25) is 0 Å². The predicted octanol–water partition coefficient (Wildman–Crippen LogP) is 2.39. The summed E-state index contributed by atoms with van der Waals surface area (Å²) in [6, 6.07) is 5.77. The van der Waals surface area contributed by atoms with E-state index in [0.29, 0.717) is 18.8 Å². The van der Waals surface area contributed by atoms with E-state index in [9.17, 15) is 14.4 Å². The SMILES string of the molecule is C.C.C.C.CCC(C)(C)C(=O)OCC[NH+](C)C.CCC(C)(C)C(=O)Oc1ccc(C(=O)O)cc1.[Cl-]. The number of carbonyl (C=O) groups is 3. The Hall–Kier alpha value is -2.12. The minimum atomic E-state index is -1.00. The van der Waals surface area contributed by atoms with E-state index in [1.165, 1.54) is 29.2 Å². The Balaban J connectivity index is -0.000000108. The number of hydrogen-bond donors (Lipinski definition) is 2. The summed E-state index contributed by atoms with van der Waals surface area (Å²) in [4.78, 5) is 35.1. The number of hydrogen-bond acceptors (Lipinski definition) is 5. The van der Waals surface area contributed by atoms with Gasteiger partial charge in [-0.15, -0.1) is 0 Å². The zero-order chi connectivity index (χ0) is 23.5. The lowest BCUT2D eigenvalue weighted by atomic mass is 9.91. The van der Waals surface area contributed by atoms with Crippen LogP contribution in [0.1, 0.15) is 94.4 Å². The molecule has 210 valence electrons. The minimum absolute atomic E-state index is 0. The molecule has 0 fully saturated rings. The van der Waals surface area contributed by atoms with E-state index in [-0.39, 0.29) is 65.0 Å². The monoisotopic (exact) mass is 523 g/mol. The molecule has 0 aliphatic rings. The van der Waals surface area contributed by atoms with Crippen molar-refractivity contribution in [1.82, 2.24) is 0 Å². The van der Waals surface area contributed by atoms with E-state index >= 15 is 0 Å². The van der Waals surface area contributed by atoms with Gasteiger partial charge in [-0.25, -0.2) is 4.79 Å². The zero-order valence-corrected chi connectivity index (χ0v) is 20.8. The van der Waals surface area contributed by atoms with Crippen molar-refractivity contribution >= 4 is 17.9 Å². The summed E-state index contributed by atoms with van der Waals surface area (Å²) in [7, 11) is 4.08. The molecule has 0 saturated heterocycles. The summed E-state index contributed by atoms with van der Waals surface area (Å²) in [5.41, 5.74) is -0.702. The van der Waals surface area contributed by atoms with Crippen LogP contribution in [0, 0.1) is 10.8 Å². The number of esters is 2. The Morgan fingerprint density at radius 2 is 1.23 bits per heavy atom. The van der Waals surface area contributed by atoms with E-state index in [0.717, 1.165) is 13.0 Å². The molecule has 0 saturated carbocycles. The number of quaternary nitrogens is 1. The van der Waals surface area contributed by atoms with Crippen LogP contribution in [0.5, 0.6) is 5.75 Å². The van der Waals surface area contributed by atoms with Gasteiger partial charge in [-0.05, 0) is 64.8 Å². The first-order chi connectivity index (χ1) is 13.8. The number of carboxylic acids is 1. The lowest BCUT2D eigenvalue weighted by Gasteiger charge is -2.20. The van der Waals surface area contributed by atoms with E-state index in [2.05, 4.69) is 0 Å². The third-order valence-corrected chi connectivity index (χ3v) is 5.02. The molecule has 0 spiro atoms. The van der Waals surface area contributed by atoms with Crippen LogP contribution in [-0.2, 0) is 14.3 Å². The molecule has 1 aromatic rings. The molecule has 0 atom stereocenters. The van der Waals surface area contributed by atoms with Gasteiger partial charge in [-0.3, -0.25) is 9.59 Å². The molecule has 0 amide bonds. The molecule has 0 aliphatic heterocycles. The molecular formula is C27H54ClNO6. The number of halogens is 1. The highest BCUT2D eigenvalue weighted by molar-refractivity contribution is 5.87. The molecule has 1 aromatic carbocycles. The number of benzene rings is 1. The van der Waals surface area contributed by atoms with Gasteiger partial charge in [0.2, 0.25) is 0 Å². The van der Waals surface area contributed by atoms with Gasteiger partial charge in [0.05, 0.1) is 30.5 Å². The van der Waals surface area contributed by atoms with Gasteiger partial charge in [0, 0.05) is 0 Å². The van der Waals surface area contributed by atoms with Gasteiger partial charge in [0.25, 0.3) is 0 Å². The second kappa shape index (κ2) is 21.2. The third-order valence-electron chi connectivity index (χ3n) is 5.02. The van der Waals surface area contributed by atoms with Gasteiger partial charge >= 0.3 is 17.9 Å². The van der Waals surface area contributed by atoms with Gasteiger partial charge < -0.3 is 31.9 Å². The average Bonchev–Trinajstić information content (AvgIpc) is 2.68. The predicted molar refractivity (Wildman–Crippen MR) is 143 cm³/mol. The Morgan fingerprint density at radius 3 is 1.57 bits per heavy atom. The number of rotatable bonds is 9. The van der Waals surface area contributed by atoms with Crippen molar-refractivity contribution in [2.45, 2.75) is 84.1 Å². The van der Waals surface area contributed by atoms with Crippen molar-refractivity contribution in [2.24, 2.45) is 10.8 Å². The first-order valence-corrected chi connectivity index (χ1v) is 10.3. The van der Waals surface area contributed by atoms with Crippen molar-refractivity contribution in [3.05, 3.63) is 29.8 Å². The van der Waals surface area contributed by atoms with Gasteiger partial charge in [-0.2, -0.15) is 0 Å². The maximum absolute atomic E-state index is 11.7. The molecule has 0 heterocycles. The van der Waals surface area contributed by atoms with E-state index in [4.69, 9.17) is 14.6 Å². The molecule has 35 heavy (non-hydrogen) atoms. The molecule has 0 aliphatic carbocycles. The summed E-state index contributed by atoms with van der Waals surface area (Å²) in [6.07, 6.45) is 1.50. The summed E-state index contributed by atoms with van der Waals surface area (Å²) in [6.45, 7) is 12.7. The van der Waals surface area contributed by atoms with Gasteiger partial charge in [-0.1, -0.05) is 43.6 Å². The Bertz CT molecular complexity index is 700. The number of ether oxygens (including phenoxy) is 2. The highest BCUT2D eigenvalue weighted by atomic mass is 35.5. The molecule has 0 bridgehead atoms. The third kappa shape index (κ3) is 17.9. The minimum Gasteiger partial charge on any atom is -1.00 e. The summed E-state index contributed by atoms with van der Waals surface area (Å²) >= 11 is 0. The van der Waals surface area contributed by atoms with Crippen LogP contribution in [0.3, 0.4) is 0 Å². The fourth-order valence-electron chi connectivity index (χ4n) is 1.74. The number of nitrogens with one attached hydrogen (secondary N) is 1. The molecule has 0 radical (unpaired) electrons. The van der Waals surface area contributed by atoms with Crippen LogP contribution >= 0.6 is 0 Å². The molecule has 8 heteroatoms.